The molecule has 0 radical (unpaired) electrons. The highest BCUT2D eigenvalue weighted by molar-refractivity contribution is 4.77. The van der Waals surface area contributed by atoms with Crippen molar-refractivity contribution in [3.63, 3.8) is 0 Å². The average Bonchev–Trinajstić information content (AvgIpc) is 2.03. The molecule has 13 heavy (non-hydrogen) atoms. The zero-order valence-corrected chi connectivity index (χ0v) is 8.69. The molecule has 0 saturated carbocycles. The standard InChI is InChI=1S/C10H17N2O/c1-8(2)11-6-5-7-12(9(3)4)10(11)13/h5-9H,1-4H3/q+1. The minimum Gasteiger partial charge on any atom is -0.197 e. The minimum absolute atomic E-state index is 0.0625. The summed E-state index contributed by atoms with van der Waals surface area (Å²) in [6.45, 7) is 8.02. The molecule has 0 unspecified atom stereocenters. The third kappa shape index (κ3) is 1.97. The van der Waals surface area contributed by atoms with Crippen LogP contribution in [0.25, 0.3) is 0 Å². The topological polar surface area (TPSA) is 25.9 Å². The van der Waals surface area contributed by atoms with Crippen molar-refractivity contribution in [3.8, 4) is 0 Å². The van der Waals surface area contributed by atoms with Crippen LogP contribution in [0.4, 0.5) is 0 Å². The molecule has 0 atom stereocenters. The molecule has 0 aliphatic rings. The van der Waals surface area contributed by atoms with E-state index < -0.39 is 0 Å². The fraction of sp³-hybridized carbons (Fsp3) is 0.600. The van der Waals surface area contributed by atoms with Gasteiger partial charge in [-0.3, -0.25) is 0 Å². The Morgan fingerprint density at radius 3 is 2.38 bits per heavy atom. The Kier molecular flexibility index (Phi) is 2.86. The van der Waals surface area contributed by atoms with Crippen molar-refractivity contribution in [1.82, 2.24) is 4.57 Å². The summed E-state index contributed by atoms with van der Waals surface area (Å²) in [5.74, 6) is 0. The molecule has 1 heterocycles. The lowest BCUT2D eigenvalue weighted by Crippen LogP contribution is -2.55. The molecule has 1 rings (SSSR count). The zero-order chi connectivity index (χ0) is 10.0. The normalized spacial score (nSPS) is 11.2. The Balaban J connectivity index is 3.27. The van der Waals surface area contributed by atoms with Gasteiger partial charge in [-0.1, -0.05) is 0 Å². The van der Waals surface area contributed by atoms with Crippen LogP contribution in [0.3, 0.4) is 0 Å². The fourth-order valence-electron chi connectivity index (χ4n) is 1.27. The number of rotatable bonds is 2. The first-order valence-electron chi connectivity index (χ1n) is 4.66. The highest BCUT2D eigenvalue weighted by Gasteiger charge is 2.14. The van der Waals surface area contributed by atoms with E-state index in [1.165, 1.54) is 0 Å². The Labute approximate surface area is 78.6 Å². The predicted molar refractivity (Wildman–Crippen MR) is 51.7 cm³/mol. The molecule has 0 saturated heterocycles. The van der Waals surface area contributed by atoms with Gasteiger partial charge < -0.3 is 0 Å². The first kappa shape index (κ1) is 9.96. The maximum Gasteiger partial charge on any atom is 0.498 e. The molecule has 1 aromatic rings. The van der Waals surface area contributed by atoms with Gasteiger partial charge >= 0.3 is 5.69 Å². The molecular formula is C10H17N2O+. The average molecular weight is 181 g/mol. The summed E-state index contributed by atoms with van der Waals surface area (Å²) >= 11 is 0. The summed E-state index contributed by atoms with van der Waals surface area (Å²) in [7, 11) is 0. The molecule has 0 N–H and O–H groups in total. The van der Waals surface area contributed by atoms with Gasteiger partial charge in [0.25, 0.3) is 0 Å². The highest BCUT2D eigenvalue weighted by atomic mass is 16.1. The monoisotopic (exact) mass is 181 g/mol. The van der Waals surface area contributed by atoms with Gasteiger partial charge in [-0.25, -0.2) is 0 Å². The van der Waals surface area contributed by atoms with Gasteiger partial charge in [0.15, 0.2) is 0 Å². The van der Waals surface area contributed by atoms with Crippen LogP contribution >= 0.6 is 0 Å². The lowest BCUT2D eigenvalue weighted by Gasteiger charge is -2.06. The smallest absolute Gasteiger partial charge is 0.197 e. The number of hydrogen-bond donors (Lipinski definition) is 0. The SMILES string of the molecule is CC(C)n1ccc[n+](C(C)C)c1=O. The first-order chi connectivity index (χ1) is 6.04. The summed E-state index contributed by atoms with van der Waals surface area (Å²) in [5.41, 5.74) is 0.0625. The highest BCUT2D eigenvalue weighted by Crippen LogP contribution is 1.97. The van der Waals surface area contributed by atoms with Crippen molar-refractivity contribution in [2.24, 2.45) is 0 Å². The second kappa shape index (κ2) is 3.73. The van der Waals surface area contributed by atoms with E-state index in [0.717, 1.165) is 0 Å². The summed E-state index contributed by atoms with van der Waals surface area (Å²) in [6, 6.07) is 2.35. The van der Waals surface area contributed by atoms with Crippen LogP contribution in [-0.4, -0.2) is 4.57 Å². The Morgan fingerprint density at radius 2 is 1.92 bits per heavy atom. The van der Waals surface area contributed by atoms with Crippen LogP contribution in [0, 0.1) is 0 Å². The lowest BCUT2D eigenvalue weighted by atomic mass is 10.3. The maximum absolute atomic E-state index is 11.8. The fourth-order valence-corrected chi connectivity index (χ4v) is 1.27. The van der Waals surface area contributed by atoms with Gasteiger partial charge in [-0.2, -0.15) is 13.9 Å². The van der Waals surface area contributed by atoms with Gasteiger partial charge in [0.2, 0.25) is 0 Å². The van der Waals surface area contributed by atoms with E-state index in [4.69, 9.17) is 0 Å². The molecule has 0 aliphatic heterocycles. The van der Waals surface area contributed by atoms with Crippen molar-refractivity contribution < 1.29 is 4.57 Å². The Hall–Kier alpha value is -1.12. The lowest BCUT2D eigenvalue weighted by molar-refractivity contribution is -0.734. The van der Waals surface area contributed by atoms with Crippen molar-refractivity contribution in [2.75, 3.05) is 0 Å². The third-order valence-corrected chi connectivity index (χ3v) is 2.05. The van der Waals surface area contributed by atoms with Crippen molar-refractivity contribution in [3.05, 3.63) is 28.9 Å². The maximum atomic E-state index is 11.8. The zero-order valence-electron chi connectivity index (χ0n) is 8.69. The number of nitrogens with zero attached hydrogens (tertiary/aromatic N) is 2. The van der Waals surface area contributed by atoms with E-state index in [-0.39, 0.29) is 17.8 Å². The molecule has 72 valence electrons. The van der Waals surface area contributed by atoms with Crippen LogP contribution in [0.15, 0.2) is 23.3 Å². The van der Waals surface area contributed by atoms with E-state index in [1.54, 1.807) is 9.13 Å². The van der Waals surface area contributed by atoms with Crippen molar-refractivity contribution in [2.45, 2.75) is 39.8 Å². The van der Waals surface area contributed by atoms with Gasteiger partial charge in [-0.15, -0.1) is 0 Å². The van der Waals surface area contributed by atoms with Crippen LogP contribution in [0.5, 0.6) is 0 Å². The number of aromatic nitrogens is 2. The molecule has 3 nitrogen and oxygen atoms in total. The molecular weight excluding hydrogens is 164 g/mol. The Bertz CT molecular complexity index is 310. The van der Waals surface area contributed by atoms with Crippen LogP contribution in [0.1, 0.15) is 39.8 Å². The molecule has 3 heteroatoms. The van der Waals surface area contributed by atoms with Gasteiger partial charge in [-0.05, 0) is 27.7 Å². The molecule has 0 bridgehead atoms. The second-order valence-electron chi connectivity index (χ2n) is 3.78. The number of hydrogen-bond acceptors (Lipinski definition) is 1. The van der Waals surface area contributed by atoms with E-state index in [1.807, 2.05) is 46.2 Å². The van der Waals surface area contributed by atoms with E-state index in [9.17, 15) is 4.79 Å². The van der Waals surface area contributed by atoms with Gasteiger partial charge in [0.1, 0.15) is 0 Å². The van der Waals surface area contributed by atoms with Crippen molar-refractivity contribution in [1.29, 1.82) is 0 Å². The molecule has 1 aromatic heterocycles. The molecule has 0 spiro atoms. The molecule has 0 aromatic carbocycles. The summed E-state index contributed by atoms with van der Waals surface area (Å²) in [6.07, 6.45) is 3.65. The van der Waals surface area contributed by atoms with Gasteiger partial charge in [0, 0.05) is 6.07 Å². The molecule has 0 aliphatic carbocycles. The van der Waals surface area contributed by atoms with E-state index in [2.05, 4.69) is 0 Å². The summed E-state index contributed by atoms with van der Waals surface area (Å²) in [5, 5.41) is 0. The quantitative estimate of drug-likeness (QED) is 0.631. The largest absolute Gasteiger partial charge is 0.498 e. The Morgan fingerprint density at radius 1 is 1.31 bits per heavy atom. The third-order valence-electron chi connectivity index (χ3n) is 2.05. The van der Waals surface area contributed by atoms with E-state index >= 15 is 0 Å². The van der Waals surface area contributed by atoms with Crippen molar-refractivity contribution >= 4 is 0 Å². The second-order valence-corrected chi connectivity index (χ2v) is 3.78. The van der Waals surface area contributed by atoms with E-state index in [0.29, 0.717) is 0 Å². The first-order valence-corrected chi connectivity index (χ1v) is 4.66. The summed E-state index contributed by atoms with van der Waals surface area (Å²) in [4.78, 5) is 11.8. The molecule has 0 amide bonds. The van der Waals surface area contributed by atoms with Crippen LogP contribution < -0.4 is 10.3 Å². The van der Waals surface area contributed by atoms with Gasteiger partial charge in [0.05, 0.1) is 24.5 Å². The minimum atomic E-state index is 0.0625. The van der Waals surface area contributed by atoms with Crippen LogP contribution in [-0.2, 0) is 0 Å². The molecule has 0 fully saturated rings. The van der Waals surface area contributed by atoms with Crippen LogP contribution in [0.2, 0.25) is 0 Å². The predicted octanol–water partition coefficient (Wildman–Crippen LogP) is 1.30. The summed E-state index contributed by atoms with van der Waals surface area (Å²) < 4.78 is 3.47.